The number of carbonyl (C=O) groups excluding carboxylic acids is 1. The van der Waals surface area contributed by atoms with Crippen LogP contribution in [0.25, 0.3) is 11.0 Å². The van der Waals surface area contributed by atoms with Gasteiger partial charge in [-0.25, -0.2) is 8.42 Å². The SMILES string of the molecule is CC1(NC(=O)c2ccc3n[nH]nc3c2)CCS(=O)(=O)C1. The minimum Gasteiger partial charge on any atom is -0.346 e. The number of sulfone groups is 1. The van der Waals surface area contributed by atoms with Gasteiger partial charge in [0.2, 0.25) is 0 Å². The van der Waals surface area contributed by atoms with E-state index in [4.69, 9.17) is 0 Å². The van der Waals surface area contributed by atoms with Crippen LogP contribution in [0.3, 0.4) is 0 Å². The number of nitrogens with zero attached hydrogens (tertiary/aromatic N) is 2. The van der Waals surface area contributed by atoms with Crippen LogP contribution < -0.4 is 5.32 Å². The van der Waals surface area contributed by atoms with Crippen LogP contribution in [0.15, 0.2) is 18.2 Å². The Hall–Kier alpha value is -1.96. The molecule has 1 saturated heterocycles. The molecule has 0 bridgehead atoms. The average Bonchev–Trinajstić information content (AvgIpc) is 2.92. The lowest BCUT2D eigenvalue weighted by Gasteiger charge is -2.23. The number of aromatic amines is 1. The van der Waals surface area contributed by atoms with Gasteiger partial charge in [0.25, 0.3) is 5.91 Å². The molecule has 1 aromatic carbocycles. The fraction of sp³-hybridized carbons (Fsp3) is 0.417. The normalized spacial score (nSPS) is 24.9. The van der Waals surface area contributed by atoms with Crippen LogP contribution >= 0.6 is 0 Å². The Morgan fingerprint density at radius 3 is 2.80 bits per heavy atom. The number of fused-ring (bicyclic) bond motifs is 1. The highest BCUT2D eigenvalue weighted by molar-refractivity contribution is 7.91. The molecule has 1 atom stereocenters. The zero-order valence-electron chi connectivity index (χ0n) is 10.9. The van der Waals surface area contributed by atoms with E-state index in [1.807, 2.05) is 0 Å². The molecule has 2 aromatic rings. The summed E-state index contributed by atoms with van der Waals surface area (Å²) in [6.45, 7) is 1.75. The summed E-state index contributed by atoms with van der Waals surface area (Å²) in [5.41, 5.74) is 1.02. The number of nitrogens with one attached hydrogen (secondary N) is 2. The van der Waals surface area contributed by atoms with Crippen LogP contribution in [-0.4, -0.2) is 46.8 Å². The molecule has 1 aliphatic heterocycles. The Morgan fingerprint density at radius 2 is 2.10 bits per heavy atom. The van der Waals surface area contributed by atoms with Crippen LogP contribution in [-0.2, 0) is 9.84 Å². The highest BCUT2D eigenvalue weighted by Gasteiger charge is 2.39. The molecule has 8 heteroatoms. The number of rotatable bonds is 2. The van der Waals surface area contributed by atoms with Gasteiger partial charge in [-0.15, -0.1) is 0 Å². The van der Waals surface area contributed by atoms with Gasteiger partial charge in [-0.1, -0.05) is 0 Å². The first kappa shape index (κ1) is 13.0. The molecule has 2 heterocycles. The summed E-state index contributed by atoms with van der Waals surface area (Å²) in [6.07, 6.45) is 0.438. The van der Waals surface area contributed by atoms with E-state index in [9.17, 15) is 13.2 Å². The number of hydrogen-bond donors (Lipinski definition) is 2. The van der Waals surface area contributed by atoms with Gasteiger partial charge in [0.05, 0.1) is 17.0 Å². The first-order valence-electron chi connectivity index (χ1n) is 6.20. The second-order valence-electron chi connectivity index (χ2n) is 5.38. The molecule has 1 aromatic heterocycles. The number of aromatic nitrogens is 3. The van der Waals surface area contributed by atoms with Crippen LogP contribution in [0.1, 0.15) is 23.7 Å². The van der Waals surface area contributed by atoms with E-state index in [2.05, 4.69) is 20.7 Å². The van der Waals surface area contributed by atoms with Crippen molar-refractivity contribution in [3.8, 4) is 0 Å². The third kappa shape index (κ3) is 2.38. The molecular formula is C12H14N4O3S. The zero-order valence-corrected chi connectivity index (χ0v) is 11.7. The van der Waals surface area contributed by atoms with Gasteiger partial charge in [-0.2, -0.15) is 15.4 Å². The van der Waals surface area contributed by atoms with E-state index in [0.29, 0.717) is 23.0 Å². The molecule has 1 amide bonds. The molecule has 1 unspecified atom stereocenters. The minimum atomic E-state index is -3.05. The third-order valence-electron chi connectivity index (χ3n) is 3.50. The number of benzene rings is 1. The lowest BCUT2D eigenvalue weighted by atomic mass is 10.0. The zero-order chi connectivity index (χ0) is 14.4. The van der Waals surface area contributed by atoms with Crippen molar-refractivity contribution in [3.05, 3.63) is 23.8 Å². The standard InChI is InChI=1S/C12H14N4O3S/c1-12(4-5-20(18,19)7-12)13-11(17)8-2-3-9-10(6-8)15-16-14-9/h2-3,6H,4-5,7H2,1H3,(H,13,17)(H,14,15,16). The van der Waals surface area contributed by atoms with Gasteiger partial charge in [-0.3, -0.25) is 4.79 Å². The molecule has 3 rings (SSSR count). The third-order valence-corrected chi connectivity index (χ3v) is 5.40. The van der Waals surface area contributed by atoms with Crippen molar-refractivity contribution in [1.82, 2.24) is 20.7 Å². The first-order valence-corrected chi connectivity index (χ1v) is 8.03. The van der Waals surface area contributed by atoms with Crippen molar-refractivity contribution < 1.29 is 13.2 Å². The Morgan fingerprint density at radius 1 is 1.35 bits per heavy atom. The van der Waals surface area contributed by atoms with Gasteiger partial charge >= 0.3 is 0 Å². The number of amides is 1. The quantitative estimate of drug-likeness (QED) is 0.827. The van der Waals surface area contributed by atoms with Gasteiger partial charge in [0.1, 0.15) is 11.0 Å². The summed E-state index contributed by atoms with van der Waals surface area (Å²) in [5, 5.41) is 13.1. The maximum absolute atomic E-state index is 12.2. The van der Waals surface area contributed by atoms with Crippen LogP contribution in [0, 0.1) is 0 Å². The summed E-state index contributed by atoms with van der Waals surface area (Å²) < 4.78 is 23.1. The number of carbonyl (C=O) groups is 1. The molecule has 1 aliphatic rings. The second-order valence-corrected chi connectivity index (χ2v) is 7.57. The van der Waals surface area contributed by atoms with Crippen molar-refractivity contribution in [2.45, 2.75) is 18.9 Å². The second kappa shape index (κ2) is 4.27. The van der Waals surface area contributed by atoms with E-state index in [1.54, 1.807) is 25.1 Å². The summed E-state index contributed by atoms with van der Waals surface area (Å²) in [4.78, 5) is 12.2. The van der Waals surface area contributed by atoms with E-state index < -0.39 is 15.4 Å². The minimum absolute atomic E-state index is 0.0159. The topological polar surface area (TPSA) is 105 Å². The largest absolute Gasteiger partial charge is 0.346 e. The highest BCUT2D eigenvalue weighted by Crippen LogP contribution is 2.23. The average molecular weight is 294 g/mol. The van der Waals surface area contributed by atoms with Crippen molar-refractivity contribution in [2.75, 3.05) is 11.5 Å². The van der Waals surface area contributed by atoms with Crippen LogP contribution in [0.5, 0.6) is 0 Å². The highest BCUT2D eigenvalue weighted by atomic mass is 32.2. The van der Waals surface area contributed by atoms with Gasteiger partial charge in [0, 0.05) is 5.56 Å². The predicted octanol–water partition coefficient (Wildman–Crippen LogP) is 0.265. The smallest absolute Gasteiger partial charge is 0.251 e. The molecule has 2 N–H and O–H groups in total. The van der Waals surface area contributed by atoms with E-state index in [0.717, 1.165) is 0 Å². The van der Waals surface area contributed by atoms with Crippen LogP contribution in [0.4, 0.5) is 0 Å². The lowest BCUT2D eigenvalue weighted by Crippen LogP contribution is -2.46. The molecule has 0 aliphatic carbocycles. The summed E-state index contributed by atoms with van der Waals surface area (Å²) in [7, 11) is -3.05. The Kier molecular flexibility index (Phi) is 2.79. The van der Waals surface area contributed by atoms with E-state index >= 15 is 0 Å². The lowest BCUT2D eigenvalue weighted by molar-refractivity contribution is 0.0915. The maximum atomic E-state index is 12.2. The summed E-state index contributed by atoms with van der Waals surface area (Å²) in [6, 6.07) is 4.97. The number of hydrogen-bond acceptors (Lipinski definition) is 5. The van der Waals surface area contributed by atoms with Gasteiger partial charge in [0.15, 0.2) is 9.84 Å². The molecular weight excluding hydrogens is 280 g/mol. The van der Waals surface area contributed by atoms with E-state index in [1.165, 1.54) is 0 Å². The summed E-state index contributed by atoms with van der Waals surface area (Å²) >= 11 is 0. The molecule has 106 valence electrons. The Balaban J connectivity index is 1.82. The number of H-pyrrole nitrogens is 1. The predicted molar refractivity (Wildman–Crippen MR) is 73.0 cm³/mol. The first-order chi connectivity index (χ1) is 9.37. The molecule has 7 nitrogen and oxygen atoms in total. The fourth-order valence-electron chi connectivity index (χ4n) is 2.44. The van der Waals surface area contributed by atoms with Gasteiger partial charge in [-0.05, 0) is 31.5 Å². The Bertz CT molecular complexity index is 783. The van der Waals surface area contributed by atoms with Crippen LogP contribution in [0.2, 0.25) is 0 Å². The molecule has 20 heavy (non-hydrogen) atoms. The summed E-state index contributed by atoms with van der Waals surface area (Å²) in [5.74, 6) is -0.196. The van der Waals surface area contributed by atoms with Gasteiger partial charge < -0.3 is 5.32 Å². The molecule has 0 radical (unpaired) electrons. The molecule has 0 spiro atoms. The van der Waals surface area contributed by atoms with Crippen molar-refractivity contribution in [1.29, 1.82) is 0 Å². The van der Waals surface area contributed by atoms with E-state index in [-0.39, 0.29) is 17.4 Å². The molecule has 1 fully saturated rings. The van der Waals surface area contributed by atoms with Crippen molar-refractivity contribution >= 4 is 26.8 Å². The van der Waals surface area contributed by atoms with Crippen molar-refractivity contribution in [2.24, 2.45) is 0 Å². The maximum Gasteiger partial charge on any atom is 0.251 e. The van der Waals surface area contributed by atoms with Crippen molar-refractivity contribution in [3.63, 3.8) is 0 Å². The fourth-order valence-corrected chi connectivity index (χ4v) is 4.53. The molecule has 0 saturated carbocycles. The monoisotopic (exact) mass is 294 g/mol. The Labute approximate surface area is 115 Å².